The molecule has 1 aromatic carbocycles. The van der Waals surface area contributed by atoms with Crippen LogP contribution in [-0.2, 0) is 4.79 Å². The minimum absolute atomic E-state index is 0.172. The lowest BCUT2D eigenvalue weighted by atomic mass is 10.2. The molecule has 0 saturated heterocycles. The van der Waals surface area contributed by atoms with Gasteiger partial charge < -0.3 is 10.2 Å². The van der Waals surface area contributed by atoms with Crippen LogP contribution in [0.25, 0.3) is 0 Å². The van der Waals surface area contributed by atoms with Crippen LogP contribution < -0.4 is 10.2 Å². The second kappa shape index (κ2) is 6.08. The van der Waals surface area contributed by atoms with Crippen LogP contribution in [0.3, 0.4) is 0 Å². The lowest BCUT2D eigenvalue weighted by Crippen LogP contribution is -2.44. The standard InChI is InChI=1S/C16H22N2OS/c1-12-10-18(14-8-4-5-9-15(14)20-12)11-16(19)17-13-6-2-3-7-13/h4-5,8-9,12-13H,2-3,6-7,10-11H2,1H3,(H,17,19)/t12-/m1/s1. The van der Waals surface area contributed by atoms with Crippen LogP contribution in [0.15, 0.2) is 29.2 Å². The molecule has 1 heterocycles. The van der Waals surface area contributed by atoms with Gasteiger partial charge in [0.25, 0.3) is 0 Å². The van der Waals surface area contributed by atoms with Gasteiger partial charge in [0.2, 0.25) is 5.91 Å². The van der Waals surface area contributed by atoms with E-state index in [4.69, 9.17) is 0 Å². The molecule has 0 unspecified atom stereocenters. The second-order valence-corrected chi connectivity index (χ2v) is 7.31. The van der Waals surface area contributed by atoms with Crippen LogP contribution in [0.2, 0.25) is 0 Å². The van der Waals surface area contributed by atoms with Gasteiger partial charge in [-0.15, -0.1) is 11.8 Å². The predicted octanol–water partition coefficient (Wildman–Crippen LogP) is 3.05. The van der Waals surface area contributed by atoms with Gasteiger partial charge in [0.05, 0.1) is 12.2 Å². The number of hydrogen-bond acceptors (Lipinski definition) is 3. The van der Waals surface area contributed by atoms with E-state index in [2.05, 4.69) is 41.4 Å². The third kappa shape index (κ3) is 3.11. The highest BCUT2D eigenvalue weighted by molar-refractivity contribution is 8.00. The van der Waals surface area contributed by atoms with Crippen molar-refractivity contribution < 1.29 is 4.79 Å². The smallest absolute Gasteiger partial charge is 0.239 e. The number of benzene rings is 1. The van der Waals surface area contributed by atoms with Crippen molar-refractivity contribution in [1.29, 1.82) is 0 Å². The summed E-state index contributed by atoms with van der Waals surface area (Å²) in [5, 5.41) is 3.72. The van der Waals surface area contributed by atoms with Crippen molar-refractivity contribution in [2.45, 2.75) is 48.8 Å². The Morgan fingerprint density at radius 1 is 1.35 bits per heavy atom. The first-order valence-electron chi connectivity index (χ1n) is 7.52. The van der Waals surface area contributed by atoms with E-state index in [1.54, 1.807) is 0 Å². The maximum Gasteiger partial charge on any atom is 0.239 e. The minimum atomic E-state index is 0.172. The molecule has 3 rings (SSSR count). The Hall–Kier alpha value is -1.16. The molecule has 108 valence electrons. The summed E-state index contributed by atoms with van der Waals surface area (Å²) in [6, 6.07) is 8.81. The Bertz CT molecular complexity index is 485. The van der Waals surface area contributed by atoms with Gasteiger partial charge in [0, 0.05) is 22.7 Å². The average molecular weight is 290 g/mol. The van der Waals surface area contributed by atoms with Gasteiger partial charge in [-0.3, -0.25) is 4.79 Å². The van der Waals surface area contributed by atoms with Crippen LogP contribution in [0.5, 0.6) is 0 Å². The Morgan fingerprint density at radius 2 is 2.10 bits per heavy atom. The van der Waals surface area contributed by atoms with E-state index in [9.17, 15) is 4.79 Å². The summed E-state index contributed by atoms with van der Waals surface area (Å²) in [6.45, 7) is 3.65. The number of carbonyl (C=O) groups is 1. The van der Waals surface area contributed by atoms with Gasteiger partial charge in [-0.05, 0) is 25.0 Å². The SMILES string of the molecule is C[C@@H]1CN(CC(=O)NC2CCCC2)c2ccccc2S1. The minimum Gasteiger partial charge on any atom is -0.360 e. The maximum absolute atomic E-state index is 12.2. The largest absolute Gasteiger partial charge is 0.360 e. The monoisotopic (exact) mass is 290 g/mol. The van der Waals surface area contributed by atoms with E-state index in [0.717, 1.165) is 19.4 Å². The first-order valence-corrected chi connectivity index (χ1v) is 8.40. The highest BCUT2D eigenvalue weighted by Gasteiger charge is 2.24. The Balaban J connectivity index is 1.66. The van der Waals surface area contributed by atoms with Gasteiger partial charge in [0.15, 0.2) is 0 Å². The van der Waals surface area contributed by atoms with Gasteiger partial charge in [0.1, 0.15) is 0 Å². The van der Waals surface area contributed by atoms with Crippen LogP contribution in [-0.4, -0.2) is 30.3 Å². The lowest BCUT2D eigenvalue weighted by Gasteiger charge is -2.34. The zero-order valence-electron chi connectivity index (χ0n) is 12.0. The molecule has 3 nitrogen and oxygen atoms in total. The number of anilines is 1. The van der Waals surface area contributed by atoms with Gasteiger partial charge in [-0.2, -0.15) is 0 Å². The number of thioether (sulfide) groups is 1. The van der Waals surface area contributed by atoms with E-state index in [-0.39, 0.29) is 5.91 Å². The van der Waals surface area contributed by atoms with Crippen molar-refractivity contribution >= 4 is 23.4 Å². The number of fused-ring (bicyclic) bond motifs is 1. The molecule has 1 N–H and O–H groups in total. The molecule has 1 fully saturated rings. The average Bonchev–Trinajstić information content (AvgIpc) is 2.91. The molecule has 2 aliphatic rings. The van der Waals surface area contributed by atoms with Crippen molar-refractivity contribution in [2.75, 3.05) is 18.0 Å². The number of hydrogen-bond donors (Lipinski definition) is 1. The molecule has 0 bridgehead atoms. The zero-order valence-corrected chi connectivity index (χ0v) is 12.8. The number of nitrogens with one attached hydrogen (secondary N) is 1. The number of amides is 1. The first kappa shape index (κ1) is 13.8. The molecular formula is C16H22N2OS. The van der Waals surface area contributed by atoms with Gasteiger partial charge in [-0.25, -0.2) is 0 Å². The van der Waals surface area contributed by atoms with E-state index < -0.39 is 0 Å². The topological polar surface area (TPSA) is 32.3 Å². The van der Waals surface area contributed by atoms with E-state index in [0.29, 0.717) is 17.8 Å². The molecule has 1 amide bonds. The maximum atomic E-state index is 12.2. The van der Waals surface area contributed by atoms with Crippen LogP contribution in [0.4, 0.5) is 5.69 Å². The van der Waals surface area contributed by atoms with Crippen LogP contribution >= 0.6 is 11.8 Å². The molecule has 1 atom stereocenters. The lowest BCUT2D eigenvalue weighted by molar-refractivity contribution is -0.120. The van der Waals surface area contributed by atoms with Crippen molar-refractivity contribution in [3.63, 3.8) is 0 Å². The molecule has 1 saturated carbocycles. The Labute approximate surface area is 125 Å². The van der Waals surface area contributed by atoms with Gasteiger partial charge >= 0.3 is 0 Å². The van der Waals surface area contributed by atoms with Crippen molar-refractivity contribution in [3.8, 4) is 0 Å². The van der Waals surface area contributed by atoms with Crippen LogP contribution in [0.1, 0.15) is 32.6 Å². The molecule has 1 aliphatic carbocycles. The summed E-state index contributed by atoms with van der Waals surface area (Å²) in [5.41, 5.74) is 1.21. The third-order valence-electron chi connectivity index (χ3n) is 4.07. The molecule has 4 heteroatoms. The number of nitrogens with zero attached hydrogens (tertiary/aromatic N) is 1. The number of rotatable bonds is 3. The summed E-state index contributed by atoms with van der Waals surface area (Å²) in [4.78, 5) is 15.7. The van der Waals surface area contributed by atoms with E-state index in [1.165, 1.54) is 23.4 Å². The summed E-state index contributed by atoms with van der Waals surface area (Å²) in [6.07, 6.45) is 4.81. The first-order chi connectivity index (χ1) is 9.72. The second-order valence-electron chi connectivity index (χ2n) is 5.83. The molecule has 0 radical (unpaired) electrons. The fraction of sp³-hybridized carbons (Fsp3) is 0.562. The number of carbonyl (C=O) groups excluding carboxylic acids is 1. The van der Waals surface area contributed by atoms with Crippen molar-refractivity contribution in [3.05, 3.63) is 24.3 Å². The van der Waals surface area contributed by atoms with E-state index >= 15 is 0 Å². The molecule has 0 spiro atoms. The quantitative estimate of drug-likeness (QED) is 0.928. The highest BCUT2D eigenvalue weighted by Crippen LogP contribution is 2.37. The fourth-order valence-corrected chi connectivity index (χ4v) is 4.31. The zero-order chi connectivity index (χ0) is 13.9. The molecular weight excluding hydrogens is 268 g/mol. The summed E-state index contributed by atoms with van der Waals surface area (Å²) in [5.74, 6) is 0.172. The Kier molecular flexibility index (Phi) is 4.20. The summed E-state index contributed by atoms with van der Waals surface area (Å²) in [7, 11) is 0. The molecule has 1 aromatic rings. The highest BCUT2D eigenvalue weighted by atomic mass is 32.2. The van der Waals surface area contributed by atoms with Crippen LogP contribution in [0, 0.1) is 0 Å². The molecule has 1 aliphatic heterocycles. The summed E-state index contributed by atoms with van der Waals surface area (Å²) < 4.78 is 0. The number of para-hydroxylation sites is 1. The Morgan fingerprint density at radius 3 is 2.90 bits per heavy atom. The summed E-state index contributed by atoms with van der Waals surface area (Å²) >= 11 is 1.90. The van der Waals surface area contributed by atoms with E-state index in [1.807, 2.05) is 11.8 Å². The molecule has 20 heavy (non-hydrogen) atoms. The fourth-order valence-electron chi connectivity index (χ4n) is 3.15. The predicted molar refractivity (Wildman–Crippen MR) is 84.4 cm³/mol. The molecule has 0 aromatic heterocycles. The normalized spacial score (nSPS) is 22.6. The van der Waals surface area contributed by atoms with Crippen molar-refractivity contribution in [1.82, 2.24) is 5.32 Å². The van der Waals surface area contributed by atoms with Crippen molar-refractivity contribution in [2.24, 2.45) is 0 Å². The van der Waals surface area contributed by atoms with Gasteiger partial charge in [-0.1, -0.05) is 31.9 Å². The third-order valence-corrected chi connectivity index (χ3v) is 5.22.